The number of carbonyl (C=O) groups is 1. The van der Waals surface area contributed by atoms with E-state index >= 15 is 0 Å². The molecule has 1 aliphatic heterocycles. The number of amides is 1. The third kappa shape index (κ3) is 2.51. The first-order valence-electron chi connectivity index (χ1n) is 7.23. The number of rotatable bonds is 3. The highest BCUT2D eigenvalue weighted by atomic mass is 16.5. The lowest BCUT2D eigenvalue weighted by Gasteiger charge is -2.25. The molecule has 2 aromatic rings. The molecule has 0 spiro atoms. The molecule has 2 atom stereocenters. The van der Waals surface area contributed by atoms with Crippen molar-refractivity contribution in [2.75, 3.05) is 12.0 Å². The van der Waals surface area contributed by atoms with Crippen molar-refractivity contribution < 1.29 is 9.53 Å². The third-order valence-corrected chi connectivity index (χ3v) is 4.08. The summed E-state index contributed by atoms with van der Waals surface area (Å²) in [6, 6.07) is 18.0. The standard InChI is InChI=1S/C18H19NO2/c1-13-12-17(14-6-4-3-5-7-14)19(18(13)20)15-8-10-16(21-2)11-9-15/h3-11,13,17H,12H2,1-2H3/t13-,17-/m0/s1. The predicted molar refractivity (Wildman–Crippen MR) is 83.4 cm³/mol. The van der Waals surface area contributed by atoms with Gasteiger partial charge in [-0.1, -0.05) is 37.3 Å². The first-order chi connectivity index (χ1) is 10.2. The molecule has 0 N–H and O–H groups in total. The molecule has 0 saturated carbocycles. The number of carbonyl (C=O) groups excluding carboxylic acids is 1. The van der Waals surface area contributed by atoms with E-state index in [0.717, 1.165) is 17.9 Å². The van der Waals surface area contributed by atoms with Crippen LogP contribution in [-0.2, 0) is 4.79 Å². The lowest BCUT2D eigenvalue weighted by Crippen LogP contribution is -2.28. The van der Waals surface area contributed by atoms with Gasteiger partial charge in [-0.05, 0) is 36.2 Å². The van der Waals surface area contributed by atoms with Gasteiger partial charge in [0.05, 0.1) is 13.2 Å². The summed E-state index contributed by atoms with van der Waals surface area (Å²) in [5, 5.41) is 0. The van der Waals surface area contributed by atoms with Gasteiger partial charge < -0.3 is 9.64 Å². The van der Waals surface area contributed by atoms with Gasteiger partial charge in [-0.2, -0.15) is 0 Å². The Labute approximate surface area is 125 Å². The number of nitrogens with zero attached hydrogens (tertiary/aromatic N) is 1. The molecule has 3 rings (SSSR count). The Balaban J connectivity index is 1.97. The Morgan fingerprint density at radius 2 is 1.71 bits per heavy atom. The van der Waals surface area contributed by atoms with Crippen LogP contribution in [0.25, 0.3) is 0 Å². The molecule has 3 nitrogen and oxygen atoms in total. The van der Waals surface area contributed by atoms with E-state index in [0.29, 0.717) is 0 Å². The fraction of sp³-hybridized carbons (Fsp3) is 0.278. The van der Waals surface area contributed by atoms with Crippen molar-refractivity contribution in [3.8, 4) is 5.75 Å². The van der Waals surface area contributed by atoms with Crippen molar-refractivity contribution in [1.29, 1.82) is 0 Å². The molecule has 21 heavy (non-hydrogen) atoms. The molecule has 0 bridgehead atoms. The maximum absolute atomic E-state index is 12.5. The molecule has 1 fully saturated rings. The van der Waals surface area contributed by atoms with E-state index in [-0.39, 0.29) is 17.9 Å². The van der Waals surface area contributed by atoms with Crippen LogP contribution in [0.4, 0.5) is 5.69 Å². The number of anilines is 1. The average Bonchev–Trinajstić information content (AvgIpc) is 2.84. The summed E-state index contributed by atoms with van der Waals surface area (Å²) in [5.74, 6) is 1.04. The summed E-state index contributed by atoms with van der Waals surface area (Å²) in [4.78, 5) is 14.5. The van der Waals surface area contributed by atoms with Crippen LogP contribution in [0.1, 0.15) is 24.9 Å². The van der Waals surface area contributed by atoms with E-state index < -0.39 is 0 Å². The quantitative estimate of drug-likeness (QED) is 0.856. The van der Waals surface area contributed by atoms with Crippen molar-refractivity contribution in [2.24, 2.45) is 5.92 Å². The number of benzene rings is 2. The van der Waals surface area contributed by atoms with Gasteiger partial charge in [-0.15, -0.1) is 0 Å². The molecular formula is C18H19NO2. The highest BCUT2D eigenvalue weighted by Gasteiger charge is 2.38. The molecule has 1 aliphatic rings. The zero-order valence-corrected chi connectivity index (χ0v) is 12.3. The zero-order chi connectivity index (χ0) is 14.8. The summed E-state index contributed by atoms with van der Waals surface area (Å²) in [5.41, 5.74) is 2.12. The van der Waals surface area contributed by atoms with E-state index in [1.54, 1.807) is 7.11 Å². The molecule has 2 aromatic carbocycles. The Kier molecular flexibility index (Phi) is 3.65. The monoisotopic (exact) mass is 281 g/mol. The second-order valence-electron chi connectivity index (χ2n) is 5.47. The molecule has 0 aromatic heterocycles. The molecular weight excluding hydrogens is 262 g/mol. The summed E-state index contributed by atoms with van der Waals surface area (Å²) in [7, 11) is 1.64. The molecule has 3 heteroatoms. The summed E-state index contributed by atoms with van der Waals surface area (Å²) in [6.07, 6.45) is 0.856. The van der Waals surface area contributed by atoms with Gasteiger partial charge >= 0.3 is 0 Å². The SMILES string of the molecule is COc1ccc(N2C(=O)[C@@H](C)C[C@H]2c2ccccc2)cc1. The van der Waals surface area contributed by atoms with Crippen LogP contribution >= 0.6 is 0 Å². The number of hydrogen-bond acceptors (Lipinski definition) is 2. The first-order valence-corrected chi connectivity index (χ1v) is 7.23. The lowest BCUT2D eigenvalue weighted by molar-refractivity contribution is -0.120. The van der Waals surface area contributed by atoms with Gasteiger partial charge in [0.15, 0.2) is 0 Å². The number of ether oxygens (including phenoxy) is 1. The molecule has 1 amide bonds. The van der Waals surface area contributed by atoms with Gasteiger partial charge in [-0.25, -0.2) is 0 Å². The number of methoxy groups -OCH3 is 1. The first kappa shape index (κ1) is 13.7. The topological polar surface area (TPSA) is 29.5 Å². The van der Waals surface area contributed by atoms with Crippen LogP contribution < -0.4 is 9.64 Å². The summed E-state index contributed by atoms with van der Waals surface area (Å²) < 4.78 is 5.19. The van der Waals surface area contributed by atoms with Gasteiger partial charge in [-0.3, -0.25) is 4.79 Å². The van der Waals surface area contributed by atoms with Crippen molar-refractivity contribution >= 4 is 11.6 Å². The van der Waals surface area contributed by atoms with E-state index in [1.807, 2.05) is 54.3 Å². The molecule has 0 aliphatic carbocycles. The fourth-order valence-electron chi connectivity index (χ4n) is 2.94. The molecule has 1 saturated heterocycles. The van der Waals surface area contributed by atoms with Crippen LogP contribution in [0.5, 0.6) is 5.75 Å². The minimum absolute atomic E-state index is 0.0531. The van der Waals surface area contributed by atoms with Crippen LogP contribution in [0.2, 0.25) is 0 Å². The Hall–Kier alpha value is -2.29. The highest BCUT2D eigenvalue weighted by Crippen LogP contribution is 2.39. The summed E-state index contributed by atoms with van der Waals surface area (Å²) in [6.45, 7) is 2.00. The van der Waals surface area contributed by atoms with Gasteiger partial charge in [0.25, 0.3) is 0 Å². The van der Waals surface area contributed by atoms with Crippen LogP contribution in [-0.4, -0.2) is 13.0 Å². The maximum Gasteiger partial charge on any atom is 0.230 e. The van der Waals surface area contributed by atoms with Gasteiger partial charge in [0, 0.05) is 11.6 Å². The van der Waals surface area contributed by atoms with Crippen molar-refractivity contribution in [3.05, 3.63) is 60.2 Å². The summed E-state index contributed by atoms with van der Waals surface area (Å²) >= 11 is 0. The Bertz CT molecular complexity index is 621. The smallest absolute Gasteiger partial charge is 0.230 e. The molecule has 0 unspecified atom stereocenters. The fourth-order valence-corrected chi connectivity index (χ4v) is 2.94. The van der Waals surface area contributed by atoms with E-state index in [4.69, 9.17) is 4.74 Å². The van der Waals surface area contributed by atoms with Crippen LogP contribution in [0.15, 0.2) is 54.6 Å². The van der Waals surface area contributed by atoms with Crippen molar-refractivity contribution in [1.82, 2.24) is 0 Å². The maximum atomic E-state index is 12.5. The van der Waals surface area contributed by atoms with Crippen molar-refractivity contribution in [2.45, 2.75) is 19.4 Å². The lowest BCUT2D eigenvalue weighted by atomic mass is 10.0. The normalized spacial score (nSPS) is 21.6. The van der Waals surface area contributed by atoms with E-state index in [9.17, 15) is 4.79 Å². The third-order valence-electron chi connectivity index (χ3n) is 4.08. The average molecular weight is 281 g/mol. The largest absolute Gasteiger partial charge is 0.497 e. The van der Waals surface area contributed by atoms with Crippen LogP contribution in [0, 0.1) is 5.92 Å². The predicted octanol–water partition coefficient (Wildman–Crippen LogP) is 3.81. The van der Waals surface area contributed by atoms with Crippen LogP contribution in [0.3, 0.4) is 0 Å². The minimum Gasteiger partial charge on any atom is -0.497 e. The molecule has 108 valence electrons. The van der Waals surface area contributed by atoms with Gasteiger partial charge in [0.1, 0.15) is 5.75 Å². The Morgan fingerprint density at radius 1 is 1.05 bits per heavy atom. The molecule has 0 radical (unpaired) electrons. The van der Waals surface area contributed by atoms with E-state index in [2.05, 4.69) is 12.1 Å². The number of hydrogen-bond donors (Lipinski definition) is 0. The molecule has 1 heterocycles. The minimum atomic E-state index is 0.0531. The van der Waals surface area contributed by atoms with Crippen molar-refractivity contribution in [3.63, 3.8) is 0 Å². The zero-order valence-electron chi connectivity index (χ0n) is 12.3. The van der Waals surface area contributed by atoms with Gasteiger partial charge in [0.2, 0.25) is 5.91 Å². The highest BCUT2D eigenvalue weighted by molar-refractivity contribution is 5.98. The Morgan fingerprint density at radius 3 is 2.33 bits per heavy atom. The second kappa shape index (κ2) is 5.60. The van der Waals surface area contributed by atoms with E-state index in [1.165, 1.54) is 5.56 Å². The second-order valence-corrected chi connectivity index (χ2v) is 5.47.